The third-order valence-corrected chi connectivity index (χ3v) is 7.88. The van der Waals surface area contributed by atoms with E-state index in [2.05, 4.69) is 11.9 Å². The van der Waals surface area contributed by atoms with Crippen molar-refractivity contribution in [3.63, 3.8) is 0 Å². The van der Waals surface area contributed by atoms with Crippen molar-refractivity contribution in [1.29, 1.82) is 0 Å². The van der Waals surface area contributed by atoms with Crippen LogP contribution in [0.4, 0.5) is 0 Å². The molecule has 0 aromatic heterocycles. The van der Waals surface area contributed by atoms with Gasteiger partial charge in [-0.25, -0.2) is 0 Å². The van der Waals surface area contributed by atoms with Crippen molar-refractivity contribution in [3.8, 4) is 11.5 Å². The van der Waals surface area contributed by atoms with Gasteiger partial charge in [-0.15, -0.1) is 6.58 Å². The maximum Gasteiger partial charge on any atom is 0.247 e. The standard InChI is InChI=1S/C29H31Cl2IN2O7/c1-3-4-5-26(37)34(15-18-6-7-20(30)14-21(18)31)23-12-19(29(39)33-8-9-35)13-24(27(23)38)41-28-22(32)10-17(16-36)11-25(28)40-2/h3,6-7,10-11,13-14,16,23-24,27,35,38H,1,4-5,8-9,12,15H2,2H3,(H,33,39). The lowest BCUT2D eigenvalue weighted by molar-refractivity contribution is -0.139. The second-order valence-corrected chi connectivity index (χ2v) is 11.3. The van der Waals surface area contributed by atoms with Crippen molar-refractivity contribution < 1.29 is 34.1 Å². The summed E-state index contributed by atoms with van der Waals surface area (Å²) in [5.41, 5.74) is 1.24. The lowest BCUT2D eigenvalue weighted by Gasteiger charge is -2.41. The van der Waals surface area contributed by atoms with E-state index in [0.717, 1.165) is 0 Å². The second-order valence-electron chi connectivity index (χ2n) is 9.25. The summed E-state index contributed by atoms with van der Waals surface area (Å²) in [6.45, 7) is 3.50. The lowest BCUT2D eigenvalue weighted by Crippen LogP contribution is -2.54. The van der Waals surface area contributed by atoms with Gasteiger partial charge in [-0.3, -0.25) is 14.4 Å². The number of carbonyl (C=O) groups is 3. The largest absolute Gasteiger partial charge is 0.493 e. The number of hydrogen-bond acceptors (Lipinski definition) is 7. The van der Waals surface area contributed by atoms with E-state index in [4.69, 9.17) is 32.7 Å². The van der Waals surface area contributed by atoms with Crippen LogP contribution in [0.3, 0.4) is 0 Å². The second kappa shape index (κ2) is 15.5. The molecule has 0 bridgehead atoms. The molecule has 220 valence electrons. The highest BCUT2D eigenvalue weighted by molar-refractivity contribution is 14.1. The molecule has 41 heavy (non-hydrogen) atoms. The summed E-state index contributed by atoms with van der Waals surface area (Å²) in [6.07, 6.45) is 2.00. The first kappa shape index (κ1) is 32.9. The third kappa shape index (κ3) is 8.45. The van der Waals surface area contributed by atoms with Crippen LogP contribution in [0.5, 0.6) is 11.5 Å². The number of rotatable bonds is 13. The number of nitrogens with one attached hydrogen (secondary N) is 1. The van der Waals surface area contributed by atoms with Crippen LogP contribution in [0.15, 0.2) is 54.6 Å². The fourth-order valence-electron chi connectivity index (χ4n) is 4.43. The predicted octanol–water partition coefficient (Wildman–Crippen LogP) is 4.33. The maximum atomic E-state index is 13.5. The van der Waals surface area contributed by atoms with E-state index in [9.17, 15) is 24.6 Å². The SMILES string of the molecule is C=CCCC(=O)N(Cc1ccc(Cl)cc1Cl)C1CC(C(=O)NCCO)=CC(Oc2c(I)cc(C=O)cc2OC)C1O. The van der Waals surface area contributed by atoms with Crippen molar-refractivity contribution in [2.24, 2.45) is 0 Å². The number of halogens is 3. The summed E-state index contributed by atoms with van der Waals surface area (Å²) in [5, 5.41) is 24.3. The number of nitrogens with zero attached hydrogens (tertiary/aromatic N) is 1. The molecule has 3 rings (SSSR count). The number of allylic oxidation sites excluding steroid dienone is 1. The molecule has 1 aliphatic carbocycles. The zero-order valence-electron chi connectivity index (χ0n) is 22.3. The normalized spacial score (nSPS) is 18.2. The van der Waals surface area contributed by atoms with E-state index in [-0.39, 0.29) is 55.5 Å². The summed E-state index contributed by atoms with van der Waals surface area (Å²) >= 11 is 14.5. The van der Waals surface area contributed by atoms with Gasteiger partial charge < -0.3 is 29.9 Å². The Morgan fingerprint density at radius 3 is 2.66 bits per heavy atom. The number of aliphatic hydroxyl groups is 2. The smallest absolute Gasteiger partial charge is 0.247 e. The van der Waals surface area contributed by atoms with Crippen LogP contribution in [0.25, 0.3) is 0 Å². The van der Waals surface area contributed by atoms with Crippen LogP contribution in [0, 0.1) is 3.57 Å². The van der Waals surface area contributed by atoms with Gasteiger partial charge in [0.15, 0.2) is 11.5 Å². The molecule has 1 aliphatic rings. The molecule has 0 saturated carbocycles. The first-order valence-corrected chi connectivity index (χ1v) is 14.6. The minimum atomic E-state index is -1.27. The van der Waals surface area contributed by atoms with Crippen LogP contribution in [-0.4, -0.2) is 71.7 Å². The zero-order chi connectivity index (χ0) is 30.1. The Kier molecular flexibility index (Phi) is 12.5. The minimum Gasteiger partial charge on any atom is -0.493 e. The highest BCUT2D eigenvalue weighted by atomic mass is 127. The summed E-state index contributed by atoms with van der Waals surface area (Å²) in [5.74, 6) is -0.219. The number of hydrogen-bond donors (Lipinski definition) is 3. The zero-order valence-corrected chi connectivity index (χ0v) is 26.0. The van der Waals surface area contributed by atoms with Gasteiger partial charge in [0.25, 0.3) is 0 Å². The molecule has 3 atom stereocenters. The van der Waals surface area contributed by atoms with Crippen LogP contribution in [-0.2, 0) is 16.1 Å². The molecular weight excluding hydrogens is 686 g/mol. The Labute approximate surface area is 262 Å². The Morgan fingerprint density at radius 1 is 1.27 bits per heavy atom. The number of amides is 2. The molecule has 0 heterocycles. The van der Waals surface area contributed by atoms with Gasteiger partial charge in [0, 0.05) is 47.1 Å². The summed E-state index contributed by atoms with van der Waals surface area (Å²) in [4.78, 5) is 39.4. The van der Waals surface area contributed by atoms with Crippen molar-refractivity contribution in [2.45, 2.75) is 44.1 Å². The van der Waals surface area contributed by atoms with Gasteiger partial charge in [-0.1, -0.05) is 35.3 Å². The summed E-state index contributed by atoms with van der Waals surface area (Å²) < 4.78 is 12.2. The molecule has 12 heteroatoms. The fourth-order valence-corrected chi connectivity index (χ4v) is 5.65. The van der Waals surface area contributed by atoms with Crippen molar-refractivity contribution in [1.82, 2.24) is 10.2 Å². The molecule has 2 aromatic rings. The number of benzene rings is 2. The van der Waals surface area contributed by atoms with Gasteiger partial charge in [0.05, 0.1) is 23.3 Å². The molecule has 0 radical (unpaired) electrons. The monoisotopic (exact) mass is 716 g/mol. The van der Waals surface area contributed by atoms with Crippen LogP contribution in [0.2, 0.25) is 10.0 Å². The number of carbonyl (C=O) groups excluding carboxylic acids is 3. The average molecular weight is 717 g/mol. The molecule has 0 saturated heterocycles. The lowest BCUT2D eigenvalue weighted by atomic mass is 9.87. The number of aliphatic hydroxyl groups excluding tert-OH is 2. The van der Waals surface area contributed by atoms with E-state index >= 15 is 0 Å². The van der Waals surface area contributed by atoms with E-state index in [1.807, 2.05) is 22.6 Å². The molecule has 2 amide bonds. The van der Waals surface area contributed by atoms with E-state index < -0.39 is 24.2 Å². The van der Waals surface area contributed by atoms with Gasteiger partial charge in [0.1, 0.15) is 18.5 Å². The summed E-state index contributed by atoms with van der Waals surface area (Å²) in [6, 6.07) is 7.14. The maximum absolute atomic E-state index is 13.5. The van der Waals surface area contributed by atoms with E-state index in [1.165, 1.54) is 24.2 Å². The van der Waals surface area contributed by atoms with Gasteiger partial charge in [0.2, 0.25) is 11.8 Å². The van der Waals surface area contributed by atoms with Crippen molar-refractivity contribution in [2.75, 3.05) is 20.3 Å². The Hall–Kier alpha value is -2.64. The predicted molar refractivity (Wildman–Crippen MR) is 165 cm³/mol. The molecule has 3 unspecified atom stereocenters. The van der Waals surface area contributed by atoms with Gasteiger partial charge >= 0.3 is 0 Å². The summed E-state index contributed by atoms with van der Waals surface area (Å²) in [7, 11) is 1.42. The minimum absolute atomic E-state index is 0.0155. The Morgan fingerprint density at radius 2 is 2.02 bits per heavy atom. The number of methoxy groups -OCH3 is 1. The van der Waals surface area contributed by atoms with Gasteiger partial charge in [-0.2, -0.15) is 0 Å². The highest BCUT2D eigenvalue weighted by Gasteiger charge is 2.41. The molecule has 0 spiro atoms. The Balaban J connectivity index is 2.06. The highest BCUT2D eigenvalue weighted by Crippen LogP contribution is 2.37. The van der Waals surface area contributed by atoms with Crippen LogP contribution < -0.4 is 14.8 Å². The van der Waals surface area contributed by atoms with E-state index in [1.54, 1.807) is 30.3 Å². The molecule has 2 aromatic carbocycles. The third-order valence-electron chi connectivity index (χ3n) is 6.49. The molecule has 0 fully saturated rings. The first-order chi connectivity index (χ1) is 19.6. The first-order valence-electron chi connectivity index (χ1n) is 12.7. The fraction of sp³-hybridized carbons (Fsp3) is 0.345. The quantitative estimate of drug-likeness (QED) is 0.160. The molecule has 3 N–H and O–H groups in total. The van der Waals surface area contributed by atoms with Gasteiger partial charge in [-0.05, 0) is 64.9 Å². The van der Waals surface area contributed by atoms with Crippen LogP contribution in [0.1, 0.15) is 35.2 Å². The topological polar surface area (TPSA) is 125 Å². The molecular formula is C29H31Cl2IN2O7. The number of aldehydes is 1. The molecule has 9 nitrogen and oxygen atoms in total. The van der Waals surface area contributed by atoms with Crippen LogP contribution >= 0.6 is 45.8 Å². The Bertz CT molecular complexity index is 1320. The average Bonchev–Trinajstić information content (AvgIpc) is 2.96. The number of ether oxygens (including phenoxy) is 2. The van der Waals surface area contributed by atoms with Crippen molar-refractivity contribution in [3.05, 3.63) is 79.4 Å². The molecule has 0 aliphatic heterocycles. The van der Waals surface area contributed by atoms with Crippen molar-refractivity contribution >= 4 is 63.9 Å². The van der Waals surface area contributed by atoms with E-state index in [0.29, 0.717) is 37.4 Å².